The maximum Gasteiger partial charge on any atom is 0.411 e. The van der Waals surface area contributed by atoms with Crippen molar-refractivity contribution in [2.24, 2.45) is 5.92 Å². The molecule has 0 saturated carbocycles. The highest BCUT2D eigenvalue weighted by atomic mass is 16.6. The number of carbonyl (C=O) groups is 2. The molecule has 128 valence electrons. The van der Waals surface area contributed by atoms with Gasteiger partial charge in [0.15, 0.2) is 5.78 Å². The number of ether oxygens (including phenoxy) is 1. The average molecular weight is 328 g/mol. The van der Waals surface area contributed by atoms with E-state index in [2.05, 4.69) is 6.58 Å². The van der Waals surface area contributed by atoms with Crippen molar-refractivity contribution in [1.82, 2.24) is 4.90 Å². The quantitative estimate of drug-likeness (QED) is 0.648. The van der Waals surface area contributed by atoms with Gasteiger partial charge < -0.3 is 4.74 Å². The van der Waals surface area contributed by atoms with Gasteiger partial charge in [0, 0.05) is 6.54 Å². The third-order valence-electron chi connectivity index (χ3n) is 3.45. The molecule has 0 N–H and O–H groups in total. The molecule has 0 aliphatic heterocycles. The average Bonchev–Trinajstić information content (AvgIpc) is 2.56. The van der Waals surface area contributed by atoms with Gasteiger partial charge in [0.2, 0.25) is 0 Å². The van der Waals surface area contributed by atoms with Crippen LogP contribution in [0.5, 0.6) is 0 Å². The number of hydrogen-bond donors (Lipinski definition) is 0. The standard InChI is InChI=1S/C19H24N2O3/c1-4-12-24-19(23)21(14-16-8-6-5-7-9-16)17(13-15(2)3)18(22)10-11-20/h4-9,15,17H,1,10,12-14H2,2-3H3/t17-/m0/s1. The van der Waals surface area contributed by atoms with Crippen LogP contribution < -0.4 is 0 Å². The molecule has 0 aliphatic carbocycles. The second-order valence-corrected chi connectivity index (χ2v) is 5.93. The first-order valence-corrected chi connectivity index (χ1v) is 7.97. The lowest BCUT2D eigenvalue weighted by Gasteiger charge is -2.31. The Hall–Kier alpha value is -2.61. The van der Waals surface area contributed by atoms with Crippen LogP contribution in [0, 0.1) is 17.2 Å². The number of nitriles is 1. The molecule has 0 bridgehead atoms. The first kappa shape index (κ1) is 19.4. The molecule has 0 aliphatic rings. The van der Waals surface area contributed by atoms with Crippen molar-refractivity contribution in [3.05, 3.63) is 48.6 Å². The molecule has 24 heavy (non-hydrogen) atoms. The van der Waals surface area contributed by atoms with Crippen LogP contribution in [0.25, 0.3) is 0 Å². The van der Waals surface area contributed by atoms with Crippen LogP contribution >= 0.6 is 0 Å². The van der Waals surface area contributed by atoms with Crippen LogP contribution in [0.4, 0.5) is 4.79 Å². The molecule has 0 heterocycles. The number of ketones is 1. The number of carbonyl (C=O) groups excluding carboxylic acids is 2. The summed E-state index contributed by atoms with van der Waals surface area (Å²) in [5, 5.41) is 8.85. The van der Waals surface area contributed by atoms with E-state index in [0.29, 0.717) is 6.42 Å². The monoisotopic (exact) mass is 328 g/mol. The minimum Gasteiger partial charge on any atom is -0.445 e. The molecule has 1 aromatic rings. The summed E-state index contributed by atoms with van der Waals surface area (Å²) in [7, 11) is 0. The first-order valence-electron chi connectivity index (χ1n) is 7.97. The summed E-state index contributed by atoms with van der Waals surface area (Å²) in [5.41, 5.74) is 0.895. The molecule has 0 aromatic heterocycles. The predicted octanol–water partition coefficient (Wildman–Crippen LogP) is 3.71. The zero-order chi connectivity index (χ0) is 17.9. The Kier molecular flexibility index (Phi) is 8.28. The molecule has 0 saturated heterocycles. The molecule has 0 unspecified atom stereocenters. The molecule has 0 radical (unpaired) electrons. The Labute approximate surface area is 143 Å². The number of nitrogens with zero attached hydrogens (tertiary/aromatic N) is 2. The van der Waals surface area contributed by atoms with E-state index >= 15 is 0 Å². The largest absolute Gasteiger partial charge is 0.445 e. The summed E-state index contributed by atoms with van der Waals surface area (Å²) in [6, 6.07) is 10.6. The lowest BCUT2D eigenvalue weighted by molar-refractivity contribution is -0.123. The Balaban J connectivity index is 3.09. The summed E-state index contributed by atoms with van der Waals surface area (Å²) in [6.45, 7) is 7.81. The van der Waals surface area contributed by atoms with Gasteiger partial charge in [0.1, 0.15) is 6.61 Å². The molecule has 5 nitrogen and oxygen atoms in total. The molecular formula is C19H24N2O3. The number of amides is 1. The Morgan fingerprint density at radius 3 is 2.54 bits per heavy atom. The minimum atomic E-state index is -0.679. The van der Waals surface area contributed by atoms with Crippen LogP contribution in [-0.4, -0.2) is 29.4 Å². The van der Waals surface area contributed by atoms with Crippen LogP contribution in [-0.2, 0) is 16.1 Å². The molecule has 0 spiro atoms. The minimum absolute atomic E-state index is 0.0744. The van der Waals surface area contributed by atoms with Crippen molar-refractivity contribution in [2.45, 2.75) is 39.3 Å². The van der Waals surface area contributed by atoms with Crippen molar-refractivity contribution in [1.29, 1.82) is 5.26 Å². The Morgan fingerprint density at radius 2 is 2.00 bits per heavy atom. The SMILES string of the molecule is C=CCOC(=O)N(Cc1ccccc1)[C@@H](CC(C)C)C(=O)CC#N. The van der Waals surface area contributed by atoms with Gasteiger partial charge in [-0.2, -0.15) is 5.26 Å². The highest BCUT2D eigenvalue weighted by Crippen LogP contribution is 2.18. The van der Waals surface area contributed by atoms with E-state index in [0.717, 1.165) is 5.56 Å². The predicted molar refractivity (Wildman–Crippen MR) is 92.0 cm³/mol. The first-order chi connectivity index (χ1) is 11.5. The van der Waals surface area contributed by atoms with Crippen molar-refractivity contribution in [3.8, 4) is 6.07 Å². The van der Waals surface area contributed by atoms with Gasteiger partial charge in [0.05, 0.1) is 18.5 Å². The molecule has 1 rings (SSSR count). The maximum absolute atomic E-state index is 12.5. The summed E-state index contributed by atoms with van der Waals surface area (Å²) in [6.07, 6.45) is 1.16. The lowest BCUT2D eigenvalue weighted by Crippen LogP contribution is -2.45. The van der Waals surface area contributed by atoms with E-state index in [1.54, 1.807) is 0 Å². The third-order valence-corrected chi connectivity index (χ3v) is 3.45. The second-order valence-electron chi connectivity index (χ2n) is 5.93. The zero-order valence-electron chi connectivity index (χ0n) is 14.3. The van der Waals surface area contributed by atoms with Gasteiger partial charge in [-0.1, -0.05) is 56.8 Å². The van der Waals surface area contributed by atoms with E-state index in [9.17, 15) is 9.59 Å². The summed E-state index contributed by atoms with van der Waals surface area (Å²) in [4.78, 5) is 26.3. The summed E-state index contributed by atoms with van der Waals surface area (Å²) >= 11 is 0. The molecule has 5 heteroatoms. The van der Waals surface area contributed by atoms with E-state index in [-0.39, 0.29) is 31.3 Å². The van der Waals surface area contributed by atoms with Crippen molar-refractivity contribution in [3.63, 3.8) is 0 Å². The van der Waals surface area contributed by atoms with Gasteiger partial charge in [-0.25, -0.2) is 4.79 Å². The molecule has 1 atom stereocenters. The normalized spacial score (nSPS) is 11.4. The van der Waals surface area contributed by atoms with Crippen molar-refractivity contribution >= 4 is 11.9 Å². The molecular weight excluding hydrogens is 304 g/mol. The van der Waals surface area contributed by atoms with Crippen molar-refractivity contribution < 1.29 is 14.3 Å². The fraction of sp³-hybridized carbons (Fsp3) is 0.421. The van der Waals surface area contributed by atoms with Gasteiger partial charge in [-0.05, 0) is 17.9 Å². The van der Waals surface area contributed by atoms with Crippen LogP contribution in [0.15, 0.2) is 43.0 Å². The lowest BCUT2D eigenvalue weighted by atomic mass is 9.97. The van der Waals surface area contributed by atoms with E-state index in [1.807, 2.05) is 50.2 Å². The highest BCUT2D eigenvalue weighted by Gasteiger charge is 2.31. The Morgan fingerprint density at radius 1 is 1.33 bits per heavy atom. The molecule has 0 fully saturated rings. The van der Waals surface area contributed by atoms with Crippen LogP contribution in [0.3, 0.4) is 0 Å². The smallest absolute Gasteiger partial charge is 0.411 e. The summed E-state index contributed by atoms with van der Waals surface area (Å²) < 4.78 is 5.15. The topological polar surface area (TPSA) is 70.4 Å². The maximum atomic E-state index is 12.5. The highest BCUT2D eigenvalue weighted by molar-refractivity contribution is 5.88. The third kappa shape index (κ3) is 6.25. The van der Waals surface area contributed by atoms with Crippen LogP contribution in [0.2, 0.25) is 0 Å². The zero-order valence-corrected chi connectivity index (χ0v) is 14.3. The molecule has 1 aromatic carbocycles. The van der Waals surface area contributed by atoms with E-state index < -0.39 is 12.1 Å². The molecule has 1 amide bonds. The van der Waals surface area contributed by atoms with Gasteiger partial charge in [-0.3, -0.25) is 9.69 Å². The van der Waals surface area contributed by atoms with Crippen LogP contribution in [0.1, 0.15) is 32.3 Å². The van der Waals surface area contributed by atoms with E-state index in [1.165, 1.54) is 11.0 Å². The van der Waals surface area contributed by atoms with Crippen molar-refractivity contribution in [2.75, 3.05) is 6.61 Å². The van der Waals surface area contributed by atoms with Gasteiger partial charge in [-0.15, -0.1) is 0 Å². The second kappa shape index (κ2) is 10.2. The fourth-order valence-electron chi connectivity index (χ4n) is 2.37. The number of benzene rings is 1. The fourth-order valence-corrected chi connectivity index (χ4v) is 2.37. The number of rotatable bonds is 9. The van der Waals surface area contributed by atoms with E-state index in [4.69, 9.17) is 10.00 Å². The van der Waals surface area contributed by atoms with Gasteiger partial charge in [0.25, 0.3) is 0 Å². The Bertz CT molecular complexity index is 590. The number of Topliss-reactive ketones (excluding diaryl/α,β-unsaturated/α-hetero) is 1. The van der Waals surface area contributed by atoms with Gasteiger partial charge >= 0.3 is 6.09 Å². The summed E-state index contributed by atoms with van der Waals surface area (Å²) in [5.74, 6) is -0.0687. The number of hydrogen-bond acceptors (Lipinski definition) is 4.